The van der Waals surface area contributed by atoms with Crippen molar-refractivity contribution in [3.05, 3.63) is 105 Å². The monoisotopic (exact) mass is 435 g/mol. The molecule has 0 saturated heterocycles. The summed E-state index contributed by atoms with van der Waals surface area (Å²) in [7, 11) is 1.55. The first-order valence-corrected chi connectivity index (χ1v) is 9.85. The predicted octanol–water partition coefficient (Wildman–Crippen LogP) is 5.34. The number of fused-ring (bicyclic) bond motifs is 2. The molecule has 1 aromatic heterocycles. The first-order valence-electron chi connectivity index (χ1n) is 9.47. The molecule has 0 radical (unpaired) electrons. The summed E-state index contributed by atoms with van der Waals surface area (Å²) in [6.45, 7) is 0. The van der Waals surface area contributed by atoms with Gasteiger partial charge in [-0.1, -0.05) is 23.7 Å². The average molecular weight is 436 g/mol. The number of nitrogens with zero attached hydrogens (tertiary/aromatic N) is 1. The fourth-order valence-corrected chi connectivity index (χ4v) is 4.04. The van der Waals surface area contributed by atoms with Crippen LogP contribution in [-0.4, -0.2) is 13.0 Å². The van der Waals surface area contributed by atoms with Crippen LogP contribution in [0.4, 0.5) is 10.1 Å². The Kier molecular flexibility index (Phi) is 4.52. The Bertz CT molecular complexity index is 1380. The number of anilines is 1. The summed E-state index contributed by atoms with van der Waals surface area (Å²) in [5.74, 6) is -0.436. The maximum atomic E-state index is 13.8. The zero-order valence-corrected chi connectivity index (χ0v) is 17.0. The summed E-state index contributed by atoms with van der Waals surface area (Å²) in [6.07, 6.45) is 0. The molecule has 5 rings (SSSR count). The van der Waals surface area contributed by atoms with Crippen LogP contribution in [-0.2, 0) is 0 Å². The van der Waals surface area contributed by atoms with Crippen LogP contribution in [0.1, 0.15) is 27.7 Å². The van der Waals surface area contributed by atoms with Gasteiger partial charge in [-0.25, -0.2) is 4.39 Å². The van der Waals surface area contributed by atoms with E-state index in [1.807, 2.05) is 0 Å². The standard InChI is InChI=1S/C24H15ClFNO4/c1-30-17-9-7-16(8-10-17)27-21(13-2-4-14(25)5-3-13)20-22(28)18-12-15(26)6-11-19(18)31-23(20)24(27)29/h2-12,21H,1H3. The molecule has 2 heterocycles. The van der Waals surface area contributed by atoms with Gasteiger partial charge in [-0.2, -0.15) is 0 Å². The highest BCUT2D eigenvalue weighted by Gasteiger charge is 2.43. The van der Waals surface area contributed by atoms with E-state index in [-0.39, 0.29) is 22.3 Å². The van der Waals surface area contributed by atoms with Crippen molar-refractivity contribution in [2.75, 3.05) is 12.0 Å². The van der Waals surface area contributed by atoms with Crippen LogP contribution in [0.3, 0.4) is 0 Å². The zero-order chi connectivity index (χ0) is 21.7. The average Bonchev–Trinajstić information content (AvgIpc) is 3.07. The van der Waals surface area contributed by atoms with Crippen LogP contribution in [0.25, 0.3) is 11.0 Å². The molecule has 0 spiro atoms. The van der Waals surface area contributed by atoms with Crippen molar-refractivity contribution in [2.45, 2.75) is 6.04 Å². The minimum atomic E-state index is -0.753. The number of halogens is 2. The lowest BCUT2D eigenvalue weighted by atomic mass is 9.98. The molecule has 0 bridgehead atoms. The van der Waals surface area contributed by atoms with Crippen LogP contribution in [0.15, 0.2) is 75.9 Å². The molecule has 3 aromatic carbocycles. The fourth-order valence-electron chi connectivity index (χ4n) is 3.91. The van der Waals surface area contributed by atoms with E-state index in [9.17, 15) is 14.0 Å². The molecular formula is C24H15ClFNO4. The molecule has 1 aliphatic rings. The Hall–Kier alpha value is -3.64. The van der Waals surface area contributed by atoms with Crippen molar-refractivity contribution in [1.29, 1.82) is 0 Å². The van der Waals surface area contributed by atoms with Gasteiger partial charge in [-0.3, -0.25) is 14.5 Å². The predicted molar refractivity (Wildman–Crippen MR) is 116 cm³/mol. The summed E-state index contributed by atoms with van der Waals surface area (Å²) in [5, 5.41) is 0.610. The van der Waals surface area contributed by atoms with Crippen LogP contribution < -0.4 is 15.1 Å². The zero-order valence-electron chi connectivity index (χ0n) is 16.3. The second-order valence-electron chi connectivity index (χ2n) is 7.14. The third-order valence-electron chi connectivity index (χ3n) is 5.37. The van der Waals surface area contributed by atoms with E-state index < -0.39 is 23.2 Å². The number of hydrogen-bond acceptors (Lipinski definition) is 4. The molecular weight excluding hydrogens is 421 g/mol. The first kappa shape index (κ1) is 19.3. The van der Waals surface area contributed by atoms with E-state index >= 15 is 0 Å². The van der Waals surface area contributed by atoms with Gasteiger partial charge < -0.3 is 9.15 Å². The molecule has 7 heteroatoms. The molecule has 1 amide bonds. The van der Waals surface area contributed by atoms with Gasteiger partial charge in [0.25, 0.3) is 5.91 Å². The van der Waals surface area contributed by atoms with Crippen molar-refractivity contribution in [2.24, 2.45) is 0 Å². The van der Waals surface area contributed by atoms with Gasteiger partial charge in [0.15, 0.2) is 5.43 Å². The Morgan fingerprint density at radius 3 is 2.39 bits per heavy atom. The molecule has 0 saturated carbocycles. The third kappa shape index (κ3) is 3.07. The number of hydrogen-bond donors (Lipinski definition) is 0. The molecule has 0 aliphatic carbocycles. The summed E-state index contributed by atoms with van der Waals surface area (Å²) in [4.78, 5) is 28.3. The Morgan fingerprint density at radius 2 is 1.71 bits per heavy atom. The second kappa shape index (κ2) is 7.25. The Labute approximate surface area is 181 Å². The number of methoxy groups -OCH3 is 1. The molecule has 0 fully saturated rings. The molecule has 31 heavy (non-hydrogen) atoms. The van der Waals surface area contributed by atoms with Gasteiger partial charge in [0, 0.05) is 10.7 Å². The topological polar surface area (TPSA) is 59.8 Å². The second-order valence-corrected chi connectivity index (χ2v) is 7.58. The van der Waals surface area contributed by atoms with Crippen LogP contribution in [0.5, 0.6) is 5.75 Å². The van der Waals surface area contributed by atoms with Crippen molar-refractivity contribution in [3.63, 3.8) is 0 Å². The van der Waals surface area contributed by atoms with E-state index in [4.69, 9.17) is 20.8 Å². The maximum absolute atomic E-state index is 13.8. The molecule has 1 unspecified atom stereocenters. The molecule has 1 atom stereocenters. The van der Waals surface area contributed by atoms with Crippen LogP contribution >= 0.6 is 11.6 Å². The lowest BCUT2D eigenvalue weighted by molar-refractivity contribution is 0.0971. The van der Waals surface area contributed by atoms with E-state index in [0.717, 1.165) is 6.07 Å². The SMILES string of the molecule is COc1ccc(N2C(=O)c3oc4ccc(F)cc4c(=O)c3C2c2ccc(Cl)cc2)cc1. The number of ether oxygens (including phenoxy) is 1. The van der Waals surface area contributed by atoms with Gasteiger partial charge in [-0.15, -0.1) is 0 Å². The number of carbonyl (C=O) groups is 1. The highest BCUT2D eigenvalue weighted by Crippen LogP contribution is 2.41. The summed E-state index contributed by atoms with van der Waals surface area (Å²) in [6, 6.07) is 16.7. The van der Waals surface area contributed by atoms with Crippen molar-refractivity contribution < 1.29 is 18.3 Å². The van der Waals surface area contributed by atoms with Crippen LogP contribution in [0, 0.1) is 5.82 Å². The molecule has 4 aromatic rings. The van der Waals surface area contributed by atoms with Crippen LogP contribution in [0.2, 0.25) is 5.02 Å². The Morgan fingerprint density at radius 1 is 1.00 bits per heavy atom. The fraction of sp³-hybridized carbons (Fsp3) is 0.0833. The summed E-state index contributed by atoms with van der Waals surface area (Å²) in [5.41, 5.74) is 1.12. The quantitative estimate of drug-likeness (QED) is 0.435. The van der Waals surface area contributed by atoms with Gasteiger partial charge in [0.1, 0.15) is 17.1 Å². The van der Waals surface area contributed by atoms with E-state index in [2.05, 4.69) is 0 Å². The lowest BCUT2D eigenvalue weighted by Gasteiger charge is -2.25. The third-order valence-corrected chi connectivity index (χ3v) is 5.62. The summed E-state index contributed by atoms with van der Waals surface area (Å²) < 4.78 is 24.9. The molecule has 1 aliphatic heterocycles. The highest BCUT2D eigenvalue weighted by atomic mass is 35.5. The number of carbonyl (C=O) groups excluding carboxylic acids is 1. The first-order chi connectivity index (χ1) is 15.0. The van der Waals surface area contributed by atoms with Gasteiger partial charge in [-0.05, 0) is 60.2 Å². The van der Waals surface area contributed by atoms with Gasteiger partial charge in [0.2, 0.25) is 5.76 Å². The van der Waals surface area contributed by atoms with Gasteiger partial charge >= 0.3 is 0 Å². The molecule has 0 N–H and O–H groups in total. The maximum Gasteiger partial charge on any atom is 0.295 e. The normalized spacial score (nSPS) is 15.4. The molecule has 5 nitrogen and oxygen atoms in total. The van der Waals surface area contributed by atoms with Crippen molar-refractivity contribution >= 4 is 34.2 Å². The number of rotatable bonds is 3. The van der Waals surface area contributed by atoms with E-state index in [0.29, 0.717) is 22.0 Å². The lowest BCUT2D eigenvalue weighted by Crippen LogP contribution is -2.29. The summed E-state index contributed by atoms with van der Waals surface area (Å²) >= 11 is 6.04. The minimum Gasteiger partial charge on any atom is -0.497 e. The van der Waals surface area contributed by atoms with Crippen molar-refractivity contribution in [3.8, 4) is 5.75 Å². The highest BCUT2D eigenvalue weighted by molar-refractivity contribution is 6.30. The minimum absolute atomic E-state index is 0.0557. The largest absolute Gasteiger partial charge is 0.497 e. The Balaban J connectivity index is 1.78. The smallest absolute Gasteiger partial charge is 0.295 e. The molecule has 154 valence electrons. The number of benzene rings is 3. The van der Waals surface area contributed by atoms with E-state index in [1.54, 1.807) is 55.6 Å². The van der Waals surface area contributed by atoms with Gasteiger partial charge in [0.05, 0.1) is 24.1 Å². The van der Waals surface area contributed by atoms with E-state index in [1.165, 1.54) is 17.0 Å². The van der Waals surface area contributed by atoms with Crippen molar-refractivity contribution in [1.82, 2.24) is 0 Å². The number of amides is 1.